The van der Waals surface area contributed by atoms with Crippen LogP contribution in [0, 0.1) is 23.7 Å². The Labute approximate surface area is 216 Å². The minimum Gasteiger partial charge on any atom is -0.506 e. The van der Waals surface area contributed by atoms with Crippen LogP contribution < -0.4 is 0 Å². The van der Waals surface area contributed by atoms with Gasteiger partial charge < -0.3 is 5.11 Å². The van der Waals surface area contributed by atoms with Gasteiger partial charge in [-0.3, -0.25) is 4.79 Å². The van der Waals surface area contributed by atoms with Crippen LogP contribution in [-0.4, -0.2) is 10.9 Å². The van der Waals surface area contributed by atoms with Gasteiger partial charge in [-0.25, -0.2) is 0 Å². The molecule has 1 N–H and O–H groups in total. The van der Waals surface area contributed by atoms with E-state index in [9.17, 15) is 9.90 Å². The average molecular weight is 479 g/mol. The second kappa shape index (κ2) is 8.76. The topological polar surface area (TPSA) is 37.3 Å². The van der Waals surface area contributed by atoms with Crippen molar-refractivity contribution in [2.45, 2.75) is 61.8 Å². The summed E-state index contributed by atoms with van der Waals surface area (Å²) in [5.41, 5.74) is 12.2. The van der Waals surface area contributed by atoms with Crippen molar-refractivity contribution in [3.63, 3.8) is 0 Å². The zero-order chi connectivity index (χ0) is 26.0. The first-order valence-corrected chi connectivity index (χ1v) is 13.4. The third-order valence-electron chi connectivity index (χ3n) is 8.56. The summed E-state index contributed by atoms with van der Waals surface area (Å²) in [6, 6.07) is 0. The molecule has 0 aromatic heterocycles. The maximum absolute atomic E-state index is 13.8. The van der Waals surface area contributed by atoms with E-state index < -0.39 is 0 Å². The zero-order valence-corrected chi connectivity index (χ0v) is 22.9. The van der Waals surface area contributed by atoms with Gasteiger partial charge in [0.15, 0.2) is 0 Å². The molecular formula is C34H38O2. The first kappa shape index (κ1) is 24.6. The minimum absolute atomic E-state index is 0.0426. The molecule has 186 valence electrons. The summed E-state index contributed by atoms with van der Waals surface area (Å²) < 4.78 is 0. The van der Waals surface area contributed by atoms with Gasteiger partial charge in [0, 0.05) is 5.92 Å². The lowest BCUT2D eigenvalue weighted by Crippen LogP contribution is -2.25. The molecule has 0 radical (unpaired) electrons. The molecule has 5 aliphatic carbocycles. The molecule has 2 nitrogen and oxygen atoms in total. The number of aliphatic hydroxyl groups excluding tert-OH is 1. The molecular weight excluding hydrogens is 440 g/mol. The number of fused-ring (bicyclic) bond motifs is 2. The number of hydrogen-bond donors (Lipinski definition) is 1. The number of ketones is 1. The SMILES string of the molecule is CC1=CC(C2=C(O)/C(=C3/C=C(C)C4C=C(C(C)C)C=CC(C)=C34)C2=O)=C2C(C)=CCC(C(C)C)C=C12. The molecule has 0 heterocycles. The Kier molecular flexibility index (Phi) is 5.98. The molecule has 36 heavy (non-hydrogen) atoms. The van der Waals surface area contributed by atoms with Crippen molar-refractivity contribution in [3.05, 3.63) is 115 Å². The Bertz CT molecular complexity index is 1400. The molecule has 0 bridgehead atoms. The van der Waals surface area contributed by atoms with Crippen LogP contribution in [0.2, 0.25) is 0 Å². The highest BCUT2D eigenvalue weighted by Gasteiger charge is 2.43. The number of hydrogen-bond acceptors (Lipinski definition) is 2. The van der Waals surface area contributed by atoms with Crippen molar-refractivity contribution in [3.8, 4) is 0 Å². The second-order valence-corrected chi connectivity index (χ2v) is 11.7. The Morgan fingerprint density at radius 3 is 2.22 bits per heavy atom. The van der Waals surface area contributed by atoms with E-state index >= 15 is 0 Å². The minimum atomic E-state index is -0.0426. The van der Waals surface area contributed by atoms with Crippen molar-refractivity contribution < 1.29 is 9.90 Å². The summed E-state index contributed by atoms with van der Waals surface area (Å²) in [5.74, 6) is 1.70. The van der Waals surface area contributed by atoms with Gasteiger partial charge in [-0.2, -0.15) is 0 Å². The average Bonchev–Trinajstić information content (AvgIpc) is 3.11. The number of rotatable bonds is 3. The maximum Gasteiger partial charge on any atom is 0.201 e. The van der Waals surface area contributed by atoms with Crippen molar-refractivity contribution in [2.24, 2.45) is 23.7 Å². The lowest BCUT2D eigenvalue weighted by Gasteiger charge is -2.26. The highest BCUT2D eigenvalue weighted by molar-refractivity contribution is 6.24. The van der Waals surface area contributed by atoms with Crippen LogP contribution in [0.1, 0.15) is 61.8 Å². The summed E-state index contributed by atoms with van der Waals surface area (Å²) in [4.78, 5) is 13.8. The molecule has 0 saturated heterocycles. The van der Waals surface area contributed by atoms with E-state index in [1.807, 2.05) is 0 Å². The highest BCUT2D eigenvalue weighted by atomic mass is 16.3. The molecule has 5 rings (SSSR count). The maximum atomic E-state index is 13.8. The molecule has 0 aromatic carbocycles. The smallest absolute Gasteiger partial charge is 0.201 e. The fourth-order valence-electron chi connectivity index (χ4n) is 6.22. The summed E-state index contributed by atoms with van der Waals surface area (Å²) in [5, 5.41) is 11.4. The predicted molar refractivity (Wildman–Crippen MR) is 149 cm³/mol. The van der Waals surface area contributed by atoms with Gasteiger partial charge in [-0.05, 0) is 108 Å². The van der Waals surface area contributed by atoms with Gasteiger partial charge in [-0.15, -0.1) is 0 Å². The third-order valence-corrected chi connectivity index (χ3v) is 8.56. The fourth-order valence-corrected chi connectivity index (χ4v) is 6.22. The van der Waals surface area contributed by atoms with Crippen LogP contribution in [0.3, 0.4) is 0 Å². The van der Waals surface area contributed by atoms with Crippen LogP contribution in [-0.2, 0) is 4.79 Å². The summed E-state index contributed by atoms with van der Waals surface area (Å²) in [6.45, 7) is 17.4. The first-order valence-electron chi connectivity index (χ1n) is 13.4. The normalized spacial score (nSPS) is 28.1. The molecule has 0 spiro atoms. The number of allylic oxidation sites excluding steroid dienone is 19. The molecule has 0 saturated carbocycles. The monoisotopic (exact) mass is 478 g/mol. The van der Waals surface area contributed by atoms with Crippen molar-refractivity contribution in [1.82, 2.24) is 0 Å². The summed E-state index contributed by atoms with van der Waals surface area (Å²) in [6.07, 6.45) is 16.6. The van der Waals surface area contributed by atoms with Gasteiger partial charge >= 0.3 is 0 Å². The molecule has 0 aromatic rings. The summed E-state index contributed by atoms with van der Waals surface area (Å²) >= 11 is 0. The predicted octanol–water partition coefficient (Wildman–Crippen LogP) is 8.53. The van der Waals surface area contributed by atoms with Gasteiger partial charge in [0.2, 0.25) is 5.78 Å². The Morgan fingerprint density at radius 1 is 0.861 bits per heavy atom. The van der Waals surface area contributed by atoms with Crippen molar-refractivity contribution >= 4 is 5.78 Å². The van der Waals surface area contributed by atoms with Gasteiger partial charge in [-0.1, -0.05) is 69.7 Å². The quantitative estimate of drug-likeness (QED) is 0.413. The zero-order valence-electron chi connectivity index (χ0n) is 22.9. The standard InChI is InChI=1S/C34H38O2/c1-17(2)23-11-9-19(5)29-25(15-23)21(7)13-27(29)31-33(35)32(34(31)36)28-14-22(8)26-16-24(18(3)4)12-10-20(6)30(26)28/h9-11,13-18,24-25,35H,12H2,1-8H3/b31-27+. The highest BCUT2D eigenvalue weighted by Crippen LogP contribution is 2.50. The van der Waals surface area contributed by atoms with E-state index in [1.54, 1.807) is 0 Å². The van der Waals surface area contributed by atoms with Gasteiger partial charge in [0.25, 0.3) is 0 Å². The molecule has 2 unspecified atom stereocenters. The van der Waals surface area contributed by atoms with E-state index in [0.717, 1.165) is 34.3 Å². The van der Waals surface area contributed by atoms with Gasteiger partial charge in [0.1, 0.15) is 5.76 Å². The third kappa shape index (κ3) is 3.65. The Hall–Kier alpha value is -3.13. The van der Waals surface area contributed by atoms with Crippen LogP contribution in [0.15, 0.2) is 115 Å². The Balaban J connectivity index is 1.65. The lowest BCUT2D eigenvalue weighted by molar-refractivity contribution is -0.113. The van der Waals surface area contributed by atoms with E-state index in [1.165, 1.54) is 27.9 Å². The largest absolute Gasteiger partial charge is 0.506 e. The number of aliphatic hydroxyl groups is 1. The Morgan fingerprint density at radius 2 is 1.58 bits per heavy atom. The molecule has 0 amide bonds. The van der Waals surface area contributed by atoms with Crippen molar-refractivity contribution in [2.75, 3.05) is 0 Å². The molecule has 5 aliphatic rings. The van der Waals surface area contributed by atoms with Crippen molar-refractivity contribution in [1.29, 1.82) is 0 Å². The van der Waals surface area contributed by atoms with E-state index in [4.69, 9.17) is 0 Å². The van der Waals surface area contributed by atoms with E-state index in [0.29, 0.717) is 28.9 Å². The van der Waals surface area contributed by atoms with Crippen LogP contribution in [0.5, 0.6) is 0 Å². The molecule has 2 heteroatoms. The fraction of sp³-hybridized carbons (Fsp3) is 0.382. The number of carbonyl (C=O) groups is 1. The van der Waals surface area contributed by atoms with E-state index in [-0.39, 0.29) is 17.5 Å². The second-order valence-electron chi connectivity index (χ2n) is 11.7. The first-order chi connectivity index (χ1) is 17.0. The van der Waals surface area contributed by atoms with Crippen LogP contribution >= 0.6 is 0 Å². The number of carbonyl (C=O) groups excluding carboxylic acids is 1. The van der Waals surface area contributed by atoms with Crippen LogP contribution in [0.25, 0.3) is 0 Å². The van der Waals surface area contributed by atoms with E-state index in [2.05, 4.69) is 97.9 Å². The molecule has 2 atom stereocenters. The summed E-state index contributed by atoms with van der Waals surface area (Å²) in [7, 11) is 0. The lowest BCUT2D eigenvalue weighted by atomic mass is 9.77. The van der Waals surface area contributed by atoms with Crippen LogP contribution in [0.4, 0.5) is 0 Å². The van der Waals surface area contributed by atoms with Gasteiger partial charge in [0.05, 0.1) is 11.1 Å². The number of Topliss-reactive ketones (excluding diaryl/α,β-unsaturated/α-hetero) is 1. The molecule has 0 aliphatic heterocycles. The molecule has 0 fully saturated rings.